The van der Waals surface area contributed by atoms with Crippen LogP contribution in [0.4, 0.5) is 5.82 Å². The third kappa shape index (κ3) is 4.39. The predicted octanol–water partition coefficient (Wildman–Crippen LogP) is 3.36. The normalized spacial score (nSPS) is 14.5. The number of benzene rings is 2. The van der Waals surface area contributed by atoms with E-state index in [0.29, 0.717) is 65.6 Å². The highest BCUT2D eigenvalue weighted by Gasteiger charge is 2.29. The Morgan fingerprint density at radius 2 is 1.80 bits per heavy atom. The van der Waals surface area contributed by atoms with Crippen LogP contribution >= 0.6 is 11.6 Å². The number of fused-ring (bicyclic) bond motifs is 3. The van der Waals surface area contributed by atoms with Crippen molar-refractivity contribution < 1.29 is 14.3 Å². The van der Waals surface area contributed by atoms with Crippen LogP contribution in [-0.4, -0.2) is 50.6 Å². The molecule has 35 heavy (non-hydrogen) atoms. The lowest BCUT2D eigenvalue weighted by Crippen LogP contribution is -2.37. The predicted molar refractivity (Wildman–Crippen MR) is 132 cm³/mol. The van der Waals surface area contributed by atoms with E-state index in [1.165, 1.54) is 9.08 Å². The van der Waals surface area contributed by atoms with E-state index in [-0.39, 0.29) is 24.2 Å². The highest BCUT2D eigenvalue weighted by Crippen LogP contribution is 2.27. The first-order chi connectivity index (χ1) is 17.0. The van der Waals surface area contributed by atoms with Crippen LogP contribution in [0.15, 0.2) is 53.3 Å². The van der Waals surface area contributed by atoms with Crippen LogP contribution in [-0.2, 0) is 16.1 Å². The lowest BCUT2D eigenvalue weighted by molar-refractivity contribution is -0.148. The zero-order chi connectivity index (χ0) is 24.5. The summed E-state index contributed by atoms with van der Waals surface area (Å²) in [7, 11) is 0. The maximum absolute atomic E-state index is 13.4. The average Bonchev–Trinajstić information content (AvgIpc) is 3.20. The van der Waals surface area contributed by atoms with E-state index < -0.39 is 5.69 Å². The quantitative estimate of drug-likeness (QED) is 0.300. The molecule has 0 saturated carbocycles. The topological polar surface area (TPSA) is 98.8 Å². The number of anilines is 1. The van der Waals surface area contributed by atoms with Gasteiger partial charge in [0.25, 0.3) is 0 Å². The Hall–Kier alpha value is -3.72. The van der Waals surface area contributed by atoms with Gasteiger partial charge in [0, 0.05) is 23.7 Å². The molecule has 1 aliphatic rings. The van der Waals surface area contributed by atoms with E-state index in [1.54, 1.807) is 37.3 Å². The highest BCUT2D eigenvalue weighted by atomic mass is 35.5. The maximum atomic E-state index is 13.4. The summed E-state index contributed by atoms with van der Waals surface area (Å²) < 4.78 is 7.86. The summed E-state index contributed by atoms with van der Waals surface area (Å²) in [6, 6.07) is 13.9. The van der Waals surface area contributed by atoms with Crippen LogP contribution in [0, 0.1) is 5.92 Å². The van der Waals surface area contributed by atoms with Crippen LogP contribution in [0.5, 0.6) is 0 Å². The maximum Gasteiger partial charge on any atom is 0.351 e. The third-order valence-electron chi connectivity index (χ3n) is 6.26. The molecule has 0 atom stereocenters. The monoisotopic (exact) mass is 493 g/mol. The van der Waals surface area contributed by atoms with Crippen molar-refractivity contribution in [1.29, 1.82) is 0 Å². The first kappa shape index (κ1) is 23.0. The number of rotatable bonds is 6. The Kier molecular flexibility index (Phi) is 6.25. The Morgan fingerprint density at radius 3 is 2.51 bits per heavy atom. The molecule has 0 unspecified atom stereocenters. The van der Waals surface area contributed by atoms with Gasteiger partial charge in [0.1, 0.15) is 6.54 Å². The second kappa shape index (κ2) is 9.50. The van der Waals surface area contributed by atoms with Gasteiger partial charge in [-0.15, -0.1) is 5.10 Å². The van der Waals surface area contributed by atoms with Gasteiger partial charge in [0.15, 0.2) is 11.6 Å². The van der Waals surface area contributed by atoms with Gasteiger partial charge in [-0.2, -0.15) is 0 Å². The first-order valence-electron chi connectivity index (χ1n) is 11.5. The largest absolute Gasteiger partial charge is 0.466 e. The second-order valence-electron chi connectivity index (χ2n) is 8.47. The molecular weight excluding hydrogens is 470 g/mol. The number of Topliss-reactive ketones (excluding diaryl/α,β-unsaturated/α-hetero) is 1. The molecule has 1 saturated heterocycles. The molecule has 3 heterocycles. The summed E-state index contributed by atoms with van der Waals surface area (Å²) in [5, 5.41) is 5.06. The summed E-state index contributed by atoms with van der Waals surface area (Å²) in [5.74, 6) is -0.0218. The Balaban J connectivity index is 1.52. The fourth-order valence-corrected chi connectivity index (χ4v) is 4.57. The number of nitrogens with zero attached hydrogens (tertiary/aromatic N) is 5. The average molecular weight is 494 g/mol. The number of esters is 1. The minimum atomic E-state index is -0.413. The fraction of sp³-hybridized carbons (Fsp3) is 0.320. The van der Waals surface area contributed by atoms with E-state index in [2.05, 4.69) is 5.10 Å². The van der Waals surface area contributed by atoms with Crippen LogP contribution in [0.1, 0.15) is 30.1 Å². The summed E-state index contributed by atoms with van der Waals surface area (Å²) >= 11 is 5.92. The minimum absolute atomic E-state index is 0.153. The Labute approximate surface area is 205 Å². The number of hydrogen-bond acceptors (Lipinski definition) is 7. The molecule has 2 aromatic carbocycles. The third-order valence-corrected chi connectivity index (χ3v) is 6.51. The zero-order valence-corrected chi connectivity index (χ0v) is 19.9. The minimum Gasteiger partial charge on any atom is -0.466 e. The fourth-order valence-electron chi connectivity index (χ4n) is 4.45. The molecule has 0 N–H and O–H groups in total. The highest BCUT2D eigenvalue weighted by molar-refractivity contribution is 6.30. The summed E-state index contributed by atoms with van der Waals surface area (Å²) in [5.41, 5.74) is 1.68. The molecule has 9 nitrogen and oxygen atoms in total. The van der Waals surface area contributed by atoms with Crippen molar-refractivity contribution in [3.63, 3.8) is 0 Å². The van der Waals surface area contributed by atoms with E-state index >= 15 is 0 Å². The number of piperidine rings is 1. The molecule has 1 aliphatic heterocycles. The van der Waals surface area contributed by atoms with Gasteiger partial charge in [-0.3, -0.25) is 9.59 Å². The van der Waals surface area contributed by atoms with Gasteiger partial charge in [0.2, 0.25) is 5.65 Å². The molecule has 5 rings (SSSR count). The Morgan fingerprint density at radius 1 is 1.09 bits per heavy atom. The summed E-state index contributed by atoms with van der Waals surface area (Å²) in [6.45, 7) is 3.11. The molecule has 4 aromatic rings. The number of hydrogen-bond donors (Lipinski definition) is 0. The van der Waals surface area contributed by atoms with Gasteiger partial charge >= 0.3 is 11.7 Å². The molecule has 0 spiro atoms. The van der Waals surface area contributed by atoms with E-state index in [1.807, 2.05) is 23.1 Å². The van der Waals surface area contributed by atoms with Crippen molar-refractivity contribution in [1.82, 2.24) is 19.2 Å². The molecule has 2 aromatic heterocycles. The molecular formula is C25H24ClN5O4. The number of aromatic nitrogens is 4. The van der Waals surface area contributed by atoms with E-state index in [0.717, 1.165) is 0 Å². The number of para-hydroxylation sites is 2. The SMILES string of the molecule is CCOC(=O)C1CCN(c2nc3ccccc3n3c(=O)n(CC(=O)c4ccc(Cl)cc4)nc23)CC1. The molecule has 0 bridgehead atoms. The van der Waals surface area contributed by atoms with Crippen molar-refractivity contribution in [3.05, 3.63) is 69.6 Å². The van der Waals surface area contributed by atoms with E-state index in [4.69, 9.17) is 21.3 Å². The van der Waals surface area contributed by atoms with Crippen LogP contribution < -0.4 is 10.6 Å². The molecule has 10 heteroatoms. The van der Waals surface area contributed by atoms with Gasteiger partial charge in [-0.1, -0.05) is 23.7 Å². The van der Waals surface area contributed by atoms with Crippen molar-refractivity contribution >= 4 is 45.9 Å². The standard InChI is InChI=1S/C25H24ClN5O4/c1-2-35-24(33)17-11-13-29(14-12-17)22-23-28-30(15-21(32)16-7-9-18(26)10-8-16)25(34)31(23)20-6-4-3-5-19(20)27-22/h3-10,17H,2,11-15H2,1H3. The van der Waals surface area contributed by atoms with Gasteiger partial charge in [-0.25, -0.2) is 18.9 Å². The molecule has 0 radical (unpaired) electrons. The summed E-state index contributed by atoms with van der Waals surface area (Å²) in [6.07, 6.45) is 1.25. The molecule has 0 amide bonds. The Bertz CT molecular complexity index is 1470. The van der Waals surface area contributed by atoms with E-state index in [9.17, 15) is 14.4 Å². The van der Waals surface area contributed by atoms with Crippen LogP contribution in [0.2, 0.25) is 5.02 Å². The van der Waals surface area contributed by atoms with Crippen molar-refractivity contribution in [3.8, 4) is 0 Å². The number of ketones is 1. The van der Waals surface area contributed by atoms with Gasteiger partial charge in [-0.05, 0) is 56.2 Å². The van der Waals surface area contributed by atoms with Gasteiger partial charge in [0.05, 0.1) is 23.6 Å². The number of ether oxygens (including phenoxy) is 1. The lowest BCUT2D eigenvalue weighted by atomic mass is 9.97. The lowest BCUT2D eigenvalue weighted by Gasteiger charge is -2.31. The van der Waals surface area contributed by atoms with Crippen molar-refractivity contribution in [2.45, 2.75) is 26.3 Å². The molecule has 180 valence electrons. The number of halogens is 1. The first-order valence-corrected chi connectivity index (χ1v) is 11.9. The number of carbonyl (C=O) groups excluding carboxylic acids is 2. The smallest absolute Gasteiger partial charge is 0.351 e. The second-order valence-corrected chi connectivity index (χ2v) is 8.90. The summed E-state index contributed by atoms with van der Waals surface area (Å²) in [4.78, 5) is 45.2. The molecule has 1 fully saturated rings. The zero-order valence-electron chi connectivity index (χ0n) is 19.2. The van der Waals surface area contributed by atoms with Crippen molar-refractivity contribution in [2.24, 2.45) is 5.92 Å². The van der Waals surface area contributed by atoms with Crippen LogP contribution in [0.25, 0.3) is 16.7 Å². The molecule has 0 aliphatic carbocycles. The number of carbonyl (C=O) groups is 2. The van der Waals surface area contributed by atoms with Gasteiger partial charge < -0.3 is 9.64 Å². The van der Waals surface area contributed by atoms with Crippen LogP contribution in [0.3, 0.4) is 0 Å². The van der Waals surface area contributed by atoms with Crippen molar-refractivity contribution in [2.75, 3.05) is 24.6 Å².